The molecule has 5 heteroatoms. The molecule has 0 atom stereocenters. The van der Waals surface area contributed by atoms with Gasteiger partial charge < -0.3 is 0 Å². The van der Waals surface area contributed by atoms with Gasteiger partial charge in [-0.15, -0.1) is 0 Å². The molecule has 0 fully saturated rings. The maximum absolute atomic E-state index is 12.4. The van der Waals surface area contributed by atoms with Crippen molar-refractivity contribution in [2.45, 2.75) is 6.92 Å². The zero-order chi connectivity index (χ0) is 18.1. The molecule has 0 saturated carbocycles. The smallest absolute Gasteiger partial charge is 0.261 e. The van der Waals surface area contributed by atoms with Crippen molar-refractivity contribution in [1.29, 1.82) is 0 Å². The Morgan fingerprint density at radius 3 is 2.19 bits per heavy atom. The summed E-state index contributed by atoms with van der Waals surface area (Å²) in [5, 5.41) is 4.47. The number of hydrogen-bond donors (Lipinski definition) is 0. The predicted octanol–water partition coefficient (Wildman–Crippen LogP) is 3.63. The van der Waals surface area contributed by atoms with Crippen LogP contribution in [-0.4, -0.2) is 33.0 Å². The topological polar surface area (TPSA) is 55.2 Å². The molecule has 0 N–H and O–H groups in total. The summed E-state index contributed by atoms with van der Waals surface area (Å²) in [4.78, 5) is 26.0. The van der Waals surface area contributed by atoms with Crippen LogP contribution in [0.15, 0.2) is 66.7 Å². The van der Waals surface area contributed by atoms with Crippen LogP contribution in [0.4, 0.5) is 0 Å². The van der Waals surface area contributed by atoms with Gasteiger partial charge in [0.05, 0.1) is 22.5 Å². The number of benzene rings is 2. The summed E-state index contributed by atoms with van der Waals surface area (Å²) in [5.41, 5.74) is 3.84. The Bertz CT molecular complexity index is 984. The molecule has 3 aromatic rings. The third kappa shape index (κ3) is 2.73. The van der Waals surface area contributed by atoms with Gasteiger partial charge in [0.2, 0.25) is 0 Å². The van der Waals surface area contributed by atoms with Crippen LogP contribution < -0.4 is 0 Å². The molecule has 26 heavy (non-hydrogen) atoms. The lowest BCUT2D eigenvalue weighted by atomic mass is 10.1. The number of aromatic nitrogens is 2. The molecule has 128 valence electrons. The lowest BCUT2D eigenvalue weighted by Crippen LogP contribution is -2.29. The first-order valence-corrected chi connectivity index (χ1v) is 8.38. The van der Waals surface area contributed by atoms with E-state index in [9.17, 15) is 9.59 Å². The van der Waals surface area contributed by atoms with E-state index in [2.05, 4.69) is 5.10 Å². The summed E-state index contributed by atoms with van der Waals surface area (Å²) in [6.07, 6.45) is 3.57. The molecule has 0 unspecified atom stereocenters. The quantitative estimate of drug-likeness (QED) is 0.680. The molecule has 0 bridgehead atoms. The van der Waals surface area contributed by atoms with E-state index in [0.717, 1.165) is 17.0 Å². The van der Waals surface area contributed by atoms with Crippen molar-refractivity contribution in [3.05, 3.63) is 83.6 Å². The molecule has 0 spiro atoms. The Balaban J connectivity index is 1.56. The second-order valence-electron chi connectivity index (χ2n) is 6.13. The molecule has 2 amide bonds. The van der Waals surface area contributed by atoms with Gasteiger partial charge in [-0.1, -0.05) is 42.5 Å². The molecular formula is C21H17N3O2. The normalized spacial score (nSPS) is 13.7. The zero-order valence-electron chi connectivity index (χ0n) is 14.3. The number of carbonyl (C=O) groups is 2. The summed E-state index contributed by atoms with van der Waals surface area (Å²) < 4.78 is 1.77. The maximum Gasteiger partial charge on any atom is 0.261 e. The molecule has 1 aliphatic rings. The number of rotatable bonds is 4. The highest BCUT2D eigenvalue weighted by molar-refractivity contribution is 6.21. The van der Waals surface area contributed by atoms with Crippen molar-refractivity contribution < 1.29 is 9.59 Å². The van der Waals surface area contributed by atoms with Gasteiger partial charge >= 0.3 is 0 Å². The number of aryl methyl sites for hydroxylation is 1. The van der Waals surface area contributed by atoms with E-state index >= 15 is 0 Å². The van der Waals surface area contributed by atoms with Crippen LogP contribution >= 0.6 is 0 Å². The number of carbonyl (C=O) groups excluding carboxylic acids is 2. The molecule has 5 nitrogen and oxygen atoms in total. The number of fused-ring (bicyclic) bond motifs is 1. The summed E-state index contributed by atoms with van der Waals surface area (Å²) in [6.45, 7) is 2.14. The molecule has 2 aromatic carbocycles. The van der Waals surface area contributed by atoms with Gasteiger partial charge in [-0.25, -0.2) is 4.68 Å². The minimum atomic E-state index is -0.254. The molecule has 2 heterocycles. The Labute approximate surface area is 151 Å². The fraction of sp³-hybridized carbons (Fsp3) is 0.0952. The van der Waals surface area contributed by atoms with Crippen LogP contribution in [-0.2, 0) is 0 Å². The van der Waals surface area contributed by atoms with E-state index in [1.807, 2.05) is 43.3 Å². The van der Waals surface area contributed by atoms with E-state index in [1.165, 1.54) is 4.90 Å². The summed E-state index contributed by atoms with van der Waals surface area (Å²) in [6, 6.07) is 18.9. The Morgan fingerprint density at radius 1 is 0.923 bits per heavy atom. The molecule has 1 aliphatic heterocycles. The van der Waals surface area contributed by atoms with Gasteiger partial charge in [0.1, 0.15) is 0 Å². The molecular weight excluding hydrogens is 326 g/mol. The standard InChI is InChI=1S/C21H17N3O2/c1-15-14-19(16-8-3-2-4-9-16)24(22-15)13-7-12-23-20(25)17-10-5-6-11-18(17)21(23)26/h2-11,13-14H,12H2,1H3/b13-7-. The largest absolute Gasteiger partial charge is 0.270 e. The van der Waals surface area contributed by atoms with Gasteiger partial charge in [-0.3, -0.25) is 14.5 Å². The lowest BCUT2D eigenvalue weighted by molar-refractivity contribution is 0.0672. The van der Waals surface area contributed by atoms with Gasteiger partial charge in [0.15, 0.2) is 0 Å². The lowest BCUT2D eigenvalue weighted by Gasteiger charge is -2.10. The number of nitrogens with zero attached hydrogens (tertiary/aromatic N) is 3. The monoisotopic (exact) mass is 343 g/mol. The van der Waals surface area contributed by atoms with Crippen LogP contribution in [0.3, 0.4) is 0 Å². The molecule has 4 rings (SSSR count). The van der Waals surface area contributed by atoms with Gasteiger partial charge in [-0.2, -0.15) is 5.10 Å². The van der Waals surface area contributed by atoms with Crippen molar-refractivity contribution >= 4 is 18.0 Å². The zero-order valence-corrected chi connectivity index (χ0v) is 14.3. The van der Waals surface area contributed by atoms with Crippen LogP contribution in [0.25, 0.3) is 17.5 Å². The highest BCUT2D eigenvalue weighted by atomic mass is 16.2. The minimum Gasteiger partial charge on any atom is -0.270 e. The first-order valence-electron chi connectivity index (χ1n) is 8.38. The van der Waals surface area contributed by atoms with Crippen molar-refractivity contribution in [2.24, 2.45) is 0 Å². The van der Waals surface area contributed by atoms with Gasteiger partial charge in [-0.05, 0) is 31.2 Å². The summed E-state index contributed by atoms with van der Waals surface area (Å²) >= 11 is 0. The molecule has 1 aromatic heterocycles. The van der Waals surface area contributed by atoms with Crippen molar-refractivity contribution in [1.82, 2.24) is 14.7 Å². The Kier molecular flexibility index (Phi) is 3.97. The summed E-state index contributed by atoms with van der Waals surface area (Å²) in [7, 11) is 0. The van der Waals surface area contributed by atoms with Crippen molar-refractivity contribution in [3.63, 3.8) is 0 Å². The van der Waals surface area contributed by atoms with Crippen LogP contribution in [0, 0.1) is 6.92 Å². The average Bonchev–Trinajstić information content (AvgIpc) is 3.15. The Hall–Kier alpha value is -3.47. The maximum atomic E-state index is 12.4. The van der Waals surface area contributed by atoms with E-state index in [-0.39, 0.29) is 18.4 Å². The second-order valence-corrected chi connectivity index (χ2v) is 6.13. The molecule has 0 saturated heterocycles. The number of amides is 2. The highest BCUT2D eigenvalue weighted by Gasteiger charge is 2.34. The third-order valence-electron chi connectivity index (χ3n) is 4.34. The first kappa shape index (κ1) is 16.0. The molecule has 0 aliphatic carbocycles. The predicted molar refractivity (Wildman–Crippen MR) is 99.5 cm³/mol. The van der Waals surface area contributed by atoms with E-state index in [0.29, 0.717) is 11.1 Å². The minimum absolute atomic E-state index is 0.208. The highest BCUT2D eigenvalue weighted by Crippen LogP contribution is 2.23. The fourth-order valence-electron chi connectivity index (χ4n) is 3.11. The van der Waals surface area contributed by atoms with Crippen molar-refractivity contribution in [2.75, 3.05) is 6.54 Å². The van der Waals surface area contributed by atoms with E-state index in [4.69, 9.17) is 0 Å². The van der Waals surface area contributed by atoms with Crippen molar-refractivity contribution in [3.8, 4) is 11.3 Å². The number of imide groups is 1. The van der Waals surface area contributed by atoms with Gasteiger partial charge in [0, 0.05) is 18.3 Å². The van der Waals surface area contributed by atoms with E-state index < -0.39 is 0 Å². The summed E-state index contributed by atoms with van der Waals surface area (Å²) in [5.74, 6) is -0.509. The third-order valence-corrected chi connectivity index (χ3v) is 4.34. The van der Waals surface area contributed by atoms with Crippen LogP contribution in [0.2, 0.25) is 0 Å². The molecule has 0 radical (unpaired) electrons. The van der Waals surface area contributed by atoms with E-state index in [1.54, 1.807) is 41.2 Å². The fourth-order valence-corrected chi connectivity index (χ4v) is 3.11. The number of hydrogen-bond acceptors (Lipinski definition) is 3. The Morgan fingerprint density at radius 2 is 1.54 bits per heavy atom. The van der Waals surface area contributed by atoms with Crippen LogP contribution in [0.5, 0.6) is 0 Å². The van der Waals surface area contributed by atoms with Crippen LogP contribution in [0.1, 0.15) is 26.4 Å². The second kappa shape index (κ2) is 6.44. The first-order chi connectivity index (χ1) is 12.6. The SMILES string of the molecule is Cc1cc(-c2ccccc2)n(/C=C\CN2C(=O)c3ccccc3C2=O)n1. The van der Waals surface area contributed by atoms with Gasteiger partial charge in [0.25, 0.3) is 11.8 Å². The average molecular weight is 343 g/mol.